The van der Waals surface area contributed by atoms with Crippen LogP contribution >= 0.6 is 22.5 Å². The van der Waals surface area contributed by atoms with E-state index in [2.05, 4.69) is 11.7 Å². The first-order valence-electron chi connectivity index (χ1n) is 3.52. The SMILES string of the molecule is OCCOc1ccc(SS)cc1. The number of aliphatic hydroxyl groups is 1. The summed E-state index contributed by atoms with van der Waals surface area (Å²) in [5.74, 6) is 0.773. The molecule has 12 heavy (non-hydrogen) atoms. The highest BCUT2D eigenvalue weighted by Crippen LogP contribution is 2.23. The third-order valence-electron chi connectivity index (χ3n) is 1.29. The molecule has 0 atom stereocenters. The first kappa shape index (κ1) is 9.77. The Kier molecular flexibility index (Phi) is 4.35. The van der Waals surface area contributed by atoms with E-state index >= 15 is 0 Å². The summed E-state index contributed by atoms with van der Waals surface area (Å²) in [7, 11) is 1.39. The van der Waals surface area contributed by atoms with Crippen LogP contribution in [0.2, 0.25) is 0 Å². The van der Waals surface area contributed by atoms with Crippen molar-refractivity contribution >= 4 is 22.5 Å². The fourth-order valence-corrected chi connectivity index (χ4v) is 1.38. The van der Waals surface area contributed by atoms with Gasteiger partial charge in [0.15, 0.2) is 0 Å². The van der Waals surface area contributed by atoms with E-state index < -0.39 is 0 Å². The minimum absolute atomic E-state index is 0.0447. The van der Waals surface area contributed by atoms with E-state index in [1.807, 2.05) is 24.3 Å². The van der Waals surface area contributed by atoms with Crippen LogP contribution in [0, 0.1) is 0 Å². The van der Waals surface area contributed by atoms with Crippen molar-refractivity contribution < 1.29 is 9.84 Å². The second-order valence-electron chi connectivity index (χ2n) is 2.13. The average Bonchev–Trinajstić information content (AvgIpc) is 2.15. The van der Waals surface area contributed by atoms with Gasteiger partial charge in [0.1, 0.15) is 12.4 Å². The third-order valence-corrected chi connectivity index (χ3v) is 2.40. The molecule has 0 spiro atoms. The van der Waals surface area contributed by atoms with Crippen molar-refractivity contribution in [2.75, 3.05) is 13.2 Å². The van der Waals surface area contributed by atoms with Gasteiger partial charge in [-0.05, 0) is 24.3 Å². The Labute approximate surface area is 80.7 Å². The van der Waals surface area contributed by atoms with E-state index in [4.69, 9.17) is 9.84 Å². The summed E-state index contributed by atoms with van der Waals surface area (Å²) >= 11 is 4.05. The Bertz CT molecular complexity index is 223. The van der Waals surface area contributed by atoms with Gasteiger partial charge in [0, 0.05) is 4.90 Å². The maximum atomic E-state index is 8.49. The van der Waals surface area contributed by atoms with Crippen molar-refractivity contribution in [1.29, 1.82) is 0 Å². The molecule has 1 rings (SSSR count). The second-order valence-corrected chi connectivity index (χ2v) is 3.34. The van der Waals surface area contributed by atoms with Crippen LogP contribution in [0.1, 0.15) is 0 Å². The maximum Gasteiger partial charge on any atom is 0.119 e. The van der Waals surface area contributed by atoms with E-state index in [0.29, 0.717) is 6.61 Å². The van der Waals surface area contributed by atoms with E-state index in [1.165, 1.54) is 10.8 Å². The van der Waals surface area contributed by atoms with Crippen molar-refractivity contribution in [2.24, 2.45) is 0 Å². The Morgan fingerprint density at radius 3 is 2.50 bits per heavy atom. The molecule has 1 aromatic rings. The first-order valence-corrected chi connectivity index (χ1v) is 5.39. The molecule has 0 bridgehead atoms. The zero-order valence-electron chi connectivity index (χ0n) is 6.43. The summed E-state index contributed by atoms with van der Waals surface area (Å²) in [6.45, 7) is 0.385. The molecule has 2 nitrogen and oxygen atoms in total. The monoisotopic (exact) mass is 202 g/mol. The highest BCUT2D eigenvalue weighted by Gasteiger charge is 1.93. The van der Waals surface area contributed by atoms with Gasteiger partial charge in [0.05, 0.1) is 6.61 Å². The minimum Gasteiger partial charge on any atom is -0.491 e. The van der Waals surface area contributed by atoms with Crippen LogP contribution in [-0.4, -0.2) is 18.3 Å². The molecule has 0 saturated heterocycles. The van der Waals surface area contributed by atoms with Crippen molar-refractivity contribution in [3.63, 3.8) is 0 Å². The van der Waals surface area contributed by atoms with Crippen LogP contribution in [0.5, 0.6) is 5.75 Å². The topological polar surface area (TPSA) is 29.5 Å². The van der Waals surface area contributed by atoms with Crippen LogP contribution < -0.4 is 4.74 Å². The fourth-order valence-electron chi connectivity index (χ4n) is 0.760. The molecule has 66 valence electrons. The lowest BCUT2D eigenvalue weighted by atomic mass is 10.3. The molecule has 0 fully saturated rings. The zero-order chi connectivity index (χ0) is 8.81. The van der Waals surface area contributed by atoms with E-state index in [0.717, 1.165) is 10.6 Å². The Morgan fingerprint density at radius 2 is 2.00 bits per heavy atom. The Balaban J connectivity index is 2.53. The molecule has 0 aromatic heterocycles. The quantitative estimate of drug-likeness (QED) is 0.578. The lowest BCUT2D eigenvalue weighted by Gasteiger charge is -2.03. The number of hydrogen-bond donors (Lipinski definition) is 2. The lowest BCUT2D eigenvalue weighted by Crippen LogP contribution is -2.00. The average molecular weight is 202 g/mol. The Hall–Kier alpha value is -0.320. The van der Waals surface area contributed by atoms with E-state index in [9.17, 15) is 0 Å². The molecule has 0 heterocycles. The summed E-state index contributed by atoms with van der Waals surface area (Å²) in [5, 5.41) is 8.49. The van der Waals surface area contributed by atoms with Crippen LogP contribution in [0.4, 0.5) is 0 Å². The highest BCUT2D eigenvalue weighted by molar-refractivity contribution is 8.68. The zero-order valence-corrected chi connectivity index (χ0v) is 8.15. The molecule has 1 N–H and O–H groups in total. The highest BCUT2D eigenvalue weighted by atomic mass is 33.1. The predicted octanol–water partition coefficient (Wildman–Crippen LogP) is 1.99. The van der Waals surface area contributed by atoms with Crippen LogP contribution in [0.15, 0.2) is 29.2 Å². The number of benzene rings is 1. The second kappa shape index (κ2) is 5.35. The number of hydrogen-bond acceptors (Lipinski definition) is 4. The molecular weight excluding hydrogens is 192 g/mol. The number of thiol groups is 1. The van der Waals surface area contributed by atoms with Crippen LogP contribution in [0.3, 0.4) is 0 Å². The smallest absolute Gasteiger partial charge is 0.119 e. The van der Waals surface area contributed by atoms with Gasteiger partial charge in [-0.1, -0.05) is 10.8 Å². The van der Waals surface area contributed by atoms with Crippen LogP contribution in [0.25, 0.3) is 0 Å². The minimum atomic E-state index is 0.0447. The molecule has 0 amide bonds. The van der Waals surface area contributed by atoms with Gasteiger partial charge >= 0.3 is 0 Å². The number of aliphatic hydroxyl groups excluding tert-OH is 1. The molecule has 0 aliphatic carbocycles. The van der Waals surface area contributed by atoms with Crippen molar-refractivity contribution in [3.8, 4) is 5.75 Å². The summed E-state index contributed by atoms with van der Waals surface area (Å²) in [6.07, 6.45) is 0. The molecule has 0 unspecified atom stereocenters. The summed E-state index contributed by atoms with van der Waals surface area (Å²) < 4.78 is 5.17. The van der Waals surface area contributed by atoms with Gasteiger partial charge in [-0.3, -0.25) is 0 Å². The summed E-state index contributed by atoms with van der Waals surface area (Å²) in [4.78, 5) is 1.08. The lowest BCUT2D eigenvalue weighted by molar-refractivity contribution is 0.201. The first-order chi connectivity index (χ1) is 5.86. The summed E-state index contributed by atoms with van der Waals surface area (Å²) in [5.41, 5.74) is 0. The van der Waals surface area contributed by atoms with Gasteiger partial charge < -0.3 is 9.84 Å². The maximum absolute atomic E-state index is 8.49. The molecule has 0 radical (unpaired) electrons. The largest absolute Gasteiger partial charge is 0.491 e. The van der Waals surface area contributed by atoms with Gasteiger partial charge in [-0.15, -0.1) is 11.7 Å². The van der Waals surface area contributed by atoms with E-state index in [-0.39, 0.29) is 6.61 Å². The van der Waals surface area contributed by atoms with Gasteiger partial charge in [0.25, 0.3) is 0 Å². The van der Waals surface area contributed by atoms with Crippen molar-refractivity contribution in [3.05, 3.63) is 24.3 Å². The molecular formula is C8H10O2S2. The van der Waals surface area contributed by atoms with Gasteiger partial charge in [-0.25, -0.2) is 0 Å². The molecule has 0 aliphatic rings. The molecule has 1 aromatic carbocycles. The number of ether oxygens (including phenoxy) is 1. The third kappa shape index (κ3) is 2.97. The van der Waals surface area contributed by atoms with Crippen molar-refractivity contribution in [2.45, 2.75) is 4.90 Å². The predicted molar refractivity (Wildman–Crippen MR) is 53.9 cm³/mol. The van der Waals surface area contributed by atoms with Gasteiger partial charge in [0.2, 0.25) is 0 Å². The molecule has 0 aliphatic heterocycles. The van der Waals surface area contributed by atoms with Crippen LogP contribution in [-0.2, 0) is 0 Å². The summed E-state index contributed by atoms with van der Waals surface area (Å²) in [6, 6.07) is 7.55. The Morgan fingerprint density at radius 1 is 1.33 bits per heavy atom. The van der Waals surface area contributed by atoms with Gasteiger partial charge in [-0.2, -0.15) is 0 Å². The fraction of sp³-hybridized carbons (Fsp3) is 0.250. The molecule has 0 saturated carbocycles. The normalized spacial score (nSPS) is 9.83. The standard InChI is InChI=1S/C8H10O2S2/c9-5-6-10-7-1-3-8(12-11)4-2-7/h1-4,9,11H,5-6H2. The van der Waals surface area contributed by atoms with E-state index in [1.54, 1.807) is 0 Å². The van der Waals surface area contributed by atoms with Crippen molar-refractivity contribution in [1.82, 2.24) is 0 Å². The number of rotatable bonds is 4. The molecule has 4 heteroatoms.